The smallest absolute Gasteiger partial charge is 0.267 e. The van der Waals surface area contributed by atoms with Gasteiger partial charge in [0, 0.05) is 61.9 Å². The third-order valence-corrected chi connectivity index (χ3v) is 11.4. The van der Waals surface area contributed by atoms with Crippen molar-refractivity contribution in [2.75, 3.05) is 52.0 Å². The number of amides is 2. The van der Waals surface area contributed by atoms with Crippen molar-refractivity contribution in [1.29, 1.82) is 0 Å². The fourth-order valence-electron chi connectivity index (χ4n) is 8.01. The summed E-state index contributed by atoms with van der Waals surface area (Å²) >= 11 is 0. The van der Waals surface area contributed by atoms with Gasteiger partial charge in [0.05, 0.1) is 50.7 Å². The van der Waals surface area contributed by atoms with E-state index in [1.165, 1.54) is 36.9 Å². The van der Waals surface area contributed by atoms with E-state index in [0.717, 1.165) is 29.8 Å². The second kappa shape index (κ2) is 16.8. The van der Waals surface area contributed by atoms with Crippen LogP contribution in [0.1, 0.15) is 60.7 Å². The Kier molecular flexibility index (Phi) is 11.6. The quantitative estimate of drug-likeness (QED) is 0.147. The number of fused-ring (bicyclic) bond motifs is 1. The molecule has 298 valence electrons. The van der Waals surface area contributed by atoms with Crippen LogP contribution in [0.4, 0.5) is 14.5 Å². The minimum Gasteiger partial charge on any atom is -0.508 e. The van der Waals surface area contributed by atoms with E-state index in [0.29, 0.717) is 61.1 Å². The zero-order chi connectivity index (χ0) is 40.4. The third kappa shape index (κ3) is 7.97. The minimum atomic E-state index is -2.89. The highest BCUT2D eigenvalue weighted by Gasteiger charge is 2.35. The molecule has 3 heterocycles. The number of halogens is 2. The lowest BCUT2D eigenvalue weighted by Gasteiger charge is -2.40. The number of hydrogen-bond donors (Lipinski definition) is 1. The molecule has 12 heteroatoms. The summed E-state index contributed by atoms with van der Waals surface area (Å²) in [5, 5.41) is 10.1. The van der Waals surface area contributed by atoms with Crippen molar-refractivity contribution in [2.24, 2.45) is 7.05 Å². The van der Waals surface area contributed by atoms with Crippen LogP contribution in [0, 0.1) is 13.8 Å². The number of phenols is 1. The summed E-state index contributed by atoms with van der Waals surface area (Å²) in [7, 11) is 4.67. The van der Waals surface area contributed by atoms with Gasteiger partial charge in [-0.05, 0) is 91.1 Å². The van der Waals surface area contributed by atoms with Crippen LogP contribution in [-0.4, -0.2) is 84.4 Å². The molecule has 2 amide bonds. The third-order valence-electron chi connectivity index (χ3n) is 11.4. The van der Waals surface area contributed by atoms with E-state index in [-0.39, 0.29) is 52.6 Å². The molecule has 0 spiro atoms. The highest BCUT2D eigenvalue weighted by Crippen LogP contribution is 2.40. The molecule has 0 bridgehead atoms. The van der Waals surface area contributed by atoms with Gasteiger partial charge in [-0.3, -0.25) is 14.5 Å². The highest BCUT2D eigenvalue weighted by atomic mass is 19.3. The molecular formula is C45H48F2N4O6. The van der Waals surface area contributed by atoms with Crippen molar-refractivity contribution in [1.82, 2.24) is 14.4 Å². The first kappa shape index (κ1) is 39.5. The summed E-state index contributed by atoms with van der Waals surface area (Å²) in [6, 6.07) is 24.3. The number of alkyl halides is 2. The average Bonchev–Trinajstić information content (AvgIpc) is 3.52. The first-order chi connectivity index (χ1) is 27.5. The predicted octanol–water partition coefficient (Wildman–Crippen LogP) is 7.72. The summed E-state index contributed by atoms with van der Waals surface area (Å²) in [5.41, 5.74) is 5.91. The van der Waals surface area contributed by atoms with E-state index in [4.69, 9.17) is 14.2 Å². The van der Waals surface area contributed by atoms with E-state index in [9.17, 15) is 18.7 Å². The number of phenolic OH excluding ortho intramolecular Hbond substituents is 1. The van der Waals surface area contributed by atoms with Crippen molar-refractivity contribution < 1.29 is 37.7 Å². The zero-order valence-electron chi connectivity index (χ0n) is 32.9. The summed E-state index contributed by atoms with van der Waals surface area (Å²) in [6.45, 7) is 7.61. The molecule has 7 rings (SSSR count). The Morgan fingerprint density at radius 3 is 2.28 bits per heavy atom. The number of rotatable bonds is 11. The van der Waals surface area contributed by atoms with Crippen molar-refractivity contribution in [3.63, 3.8) is 0 Å². The minimum absolute atomic E-state index is 0.0535. The van der Waals surface area contributed by atoms with Gasteiger partial charge in [0.1, 0.15) is 17.2 Å². The molecule has 10 nitrogen and oxygen atoms in total. The van der Waals surface area contributed by atoms with E-state index >= 15 is 4.79 Å². The lowest BCUT2D eigenvalue weighted by Crippen LogP contribution is -2.52. The topological polar surface area (TPSA) is 96.7 Å². The predicted molar refractivity (Wildman–Crippen MR) is 215 cm³/mol. The number of aromatic nitrogens is 1. The Hall–Kier alpha value is -5.72. The first-order valence-electron chi connectivity index (χ1n) is 19.1. The summed E-state index contributed by atoms with van der Waals surface area (Å²) in [5.74, 6) is -0.0232. The highest BCUT2D eigenvalue weighted by molar-refractivity contribution is 6.08. The fraction of sp³-hybridized carbons (Fsp3) is 0.333. The molecule has 1 saturated heterocycles. The van der Waals surface area contributed by atoms with Gasteiger partial charge in [-0.15, -0.1) is 0 Å². The monoisotopic (exact) mass is 778 g/mol. The number of carbonyl (C=O) groups excluding carboxylic acids is 2. The van der Waals surface area contributed by atoms with E-state index < -0.39 is 6.43 Å². The van der Waals surface area contributed by atoms with Gasteiger partial charge < -0.3 is 33.7 Å². The molecule has 1 fully saturated rings. The molecule has 1 atom stereocenters. The summed E-state index contributed by atoms with van der Waals surface area (Å²) in [6.07, 6.45) is -2.25. The second-order valence-corrected chi connectivity index (χ2v) is 14.7. The number of morpholine rings is 1. The number of anilines is 1. The molecule has 2 aliphatic heterocycles. The largest absolute Gasteiger partial charge is 0.508 e. The molecule has 0 unspecified atom stereocenters. The Morgan fingerprint density at radius 2 is 1.60 bits per heavy atom. The number of benzene rings is 4. The Bertz CT molecular complexity index is 2270. The molecular weight excluding hydrogens is 731 g/mol. The van der Waals surface area contributed by atoms with Crippen molar-refractivity contribution in [3.05, 3.63) is 130 Å². The normalized spacial score (nSPS) is 15.7. The van der Waals surface area contributed by atoms with Gasteiger partial charge in [-0.25, -0.2) is 8.78 Å². The van der Waals surface area contributed by atoms with Crippen LogP contribution in [0.25, 0.3) is 11.3 Å². The number of nitrogens with zero attached hydrogens (tertiary/aromatic N) is 4. The molecule has 5 aromatic rings. The van der Waals surface area contributed by atoms with Gasteiger partial charge in [-0.2, -0.15) is 0 Å². The maximum Gasteiger partial charge on any atom is 0.267 e. The standard InChI is InChI=1S/C45H48F2N4O6/c1-28-31(11-8-12-41(28)55-4)25-50(33-13-15-35(52)16-14-33)44(53)36-23-40(48(3)29(36)2)37-22-39(43(46)47)42(56-5)24-38(37)45(54)51-26-32-10-7-6-9-30(32)21-34(51)27-49-17-19-57-20-18-49/h6-16,22-24,34,43,52H,17-21,25-27H2,1-5H3/t34-/m0/s1. The van der Waals surface area contributed by atoms with Crippen molar-refractivity contribution in [3.8, 4) is 28.5 Å². The summed E-state index contributed by atoms with van der Waals surface area (Å²) in [4.78, 5) is 35.6. The molecule has 1 aromatic heterocycles. The molecule has 2 aliphatic rings. The molecule has 57 heavy (non-hydrogen) atoms. The lowest BCUT2D eigenvalue weighted by atomic mass is 9.91. The molecule has 0 radical (unpaired) electrons. The Morgan fingerprint density at radius 1 is 0.895 bits per heavy atom. The lowest BCUT2D eigenvalue weighted by molar-refractivity contribution is 0.0193. The maximum absolute atomic E-state index is 15.1. The zero-order valence-corrected chi connectivity index (χ0v) is 32.9. The van der Waals surface area contributed by atoms with E-state index in [1.54, 1.807) is 48.7 Å². The molecule has 4 aromatic carbocycles. The van der Waals surface area contributed by atoms with Crippen LogP contribution in [0.3, 0.4) is 0 Å². The maximum atomic E-state index is 15.1. The number of methoxy groups -OCH3 is 2. The van der Waals surface area contributed by atoms with Gasteiger partial charge in [0.25, 0.3) is 18.2 Å². The van der Waals surface area contributed by atoms with E-state index in [1.807, 2.05) is 48.2 Å². The van der Waals surface area contributed by atoms with Crippen LogP contribution >= 0.6 is 0 Å². The van der Waals surface area contributed by atoms with E-state index in [2.05, 4.69) is 11.0 Å². The number of carbonyl (C=O) groups is 2. The average molecular weight is 779 g/mol. The van der Waals surface area contributed by atoms with Gasteiger partial charge >= 0.3 is 0 Å². The van der Waals surface area contributed by atoms with Gasteiger partial charge in [0.15, 0.2) is 0 Å². The second-order valence-electron chi connectivity index (χ2n) is 14.7. The van der Waals surface area contributed by atoms with Gasteiger partial charge in [-0.1, -0.05) is 36.4 Å². The van der Waals surface area contributed by atoms with Gasteiger partial charge in [0.2, 0.25) is 0 Å². The van der Waals surface area contributed by atoms with Crippen LogP contribution in [-0.2, 0) is 31.3 Å². The Balaban J connectivity index is 1.33. The SMILES string of the molecule is COc1cc(C(=O)N2Cc3ccccc3C[C@H]2CN2CCOCC2)c(-c2cc(C(=O)N(Cc3cccc(OC)c3C)c3ccc(O)cc3)c(C)n2C)cc1C(F)F. The van der Waals surface area contributed by atoms with Crippen LogP contribution in [0.2, 0.25) is 0 Å². The molecule has 1 N–H and O–H groups in total. The van der Waals surface area contributed by atoms with Crippen LogP contribution in [0.15, 0.2) is 84.9 Å². The first-order valence-corrected chi connectivity index (χ1v) is 19.1. The van der Waals surface area contributed by atoms with Crippen molar-refractivity contribution in [2.45, 2.75) is 45.8 Å². The fourth-order valence-corrected chi connectivity index (χ4v) is 8.01. The van der Waals surface area contributed by atoms with Crippen LogP contribution in [0.5, 0.6) is 17.2 Å². The number of ether oxygens (including phenoxy) is 3. The van der Waals surface area contributed by atoms with Crippen molar-refractivity contribution >= 4 is 17.5 Å². The van der Waals surface area contributed by atoms with Crippen LogP contribution < -0.4 is 14.4 Å². The Labute approximate surface area is 331 Å². The molecule has 0 aliphatic carbocycles. The number of aromatic hydroxyl groups is 1. The summed E-state index contributed by atoms with van der Waals surface area (Å²) < 4.78 is 47.9. The molecule has 0 saturated carbocycles. The number of hydrogen-bond acceptors (Lipinski definition) is 7.